The van der Waals surface area contributed by atoms with E-state index in [1.165, 1.54) is 84.1 Å². The first-order valence-corrected chi connectivity index (χ1v) is 16.0. The fourth-order valence-electron chi connectivity index (χ4n) is 7.29. The van der Waals surface area contributed by atoms with Gasteiger partial charge in [0.05, 0.1) is 12.6 Å². The normalized spacial score (nSPS) is 21.2. The van der Waals surface area contributed by atoms with Gasteiger partial charge in [0.1, 0.15) is 11.6 Å². The summed E-state index contributed by atoms with van der Waals surface area (Å²) in [6.45, 7) is 10.3. The molecule has 40 heavy (non-hydrogen) atoms. The third kappa shape index (κ3) is 7.95. The van der Waals surface area contributed by atoms with Crippen LogP contribution in [-0.2, 0) is 22.5 Å². The van der Waals surface area contributed by atoms with Crippen molar-refractivity contribution in [2.45, 2.75) is 103 Å². The molecule has 1 aliphatic carbocycles. The summed E-state index contributed by atoms with van der Waals surface area (Å²) in [6.07, 6.45) is 22.1. The van der Waals surface area contributed by atoms with Crippen molar-refractivity contribution in [3.05, 3.63) is 36.4 Å². The van der Waals surface area contributed by atoms with E-state index in [1.54, 1.807) is 6.20 Å². The lowest BCUT2D eigenvalue weighted by molar-refractivity contribution is -0.143. The SMILES string of the molecule is CCOC(=O)CCCNC(Cc1nccn1CCCN1CCC2(CCN(C3CCCCC3)CC2)C1)c1ncc[nH]1. The molecule has 2 N–H and O–H groups in total. The average Bonchev–Trinajstić information content (AvgIpc) is 3.74. The van der Waals surface area contributed by atoms with Crippen molar-refractivity contribution in [1.82, 2.24) is 34.6 Å². The van der Waals surface area contributed by atoms with E-state index in [0.717, 1.165) is 50.0 Å². The molecule has 2 aromatic heterocycles. The number of nitrogens with one attached hydrogen (secondary N) is 2. The van der Waals surface area contributed by atoms with Crippen molar-refractivity contribution in [2.24, 2.45) is 5.41 Å². The number of H-pyrrole nitrogens is 1. The second-order valence-corrected chi connectivity index (χ2v) is 12.3. The number of nitrogens with zero attached hydrogens (tertiary/aromatic N) is 5. The Morgan fingerprint density at radius 3 is 2.70 bits per heavy atom. The molecule has 0 bridgehead atoms. The van der Waals surface area contributed by atoms with E-state index in [-0.39, 0.29) is 12.0 Å². The van der Waals surface area contributed by atoms with Crippen LogP contribution in [0.15, 0.2) is 24.8 Å². The van der Waals surface area contributed by atoms with Crippen LogP contribution >= 0.6 is 0 Å². The minimum atomic E-state index is -0.136. The van der Waals surface area contributed by atoms with Gasteiger partial charge in [-0.1, -0.05) is 19.3 Å². The number of rotatable bonds is 14. The molecule has 2 saturated heterocycles. The first-order chi connectivity index (χ1) is 19.6. The van der Waals surface area contributed by atoms with Gasteiger partial charge in [0.15, 0.2) is 0 Å². The van der Waals surface area contributed by atoms with Gasteiger partial charge in [0, 0.05) is 56.8 Å². The van der Waals surface area contributed by atoms with Crippen LogP contribution in [-0.4, -0.2) is 87.2 Å². The summed E-state index contributed by atoms with van der Waals surface area (Å²) in [5.74, 6) is 1.85. The Balaban J connectivity index is 1.05. The quantitative estimate of drug-likeness (QED) is 0.266. The Morgan fingerprint density at radius 1 is 1.10 bits per heavy atom. The number of hydrogen-bond donors (Lipinski definition) is 2. The van der Waals surface area contributed by atoms with Gasteiger partial charge in [-0.05, 0) is 90.0 Å². The van der Waals surface area contributed by atoms with E-state index < -0.39 is 0 Å². The van der Waals surface area contributed by atoms with Gasteiger partial charge in [0.25, 0.3) is 0 Å². The molecule has 9 nitrogen and oxygen atoms in total. The summed E-state index contributed by atoms with van der Waals surface area (Å²) < 4.78 is 7.36. The molecule has 0 amide bonds. The molecule has 3 fully saturated rings. The van der Waals surface area contributed by atoms with Gasteiger partial charge in [0.2, 0.25) is 0 Å². The van der Waals surface area contributed by atoms with Crippen LogP contribution in [0.1, 0.15) is 95.2 Å². The fourth-order valence-corrected chi connectivity index (χ4v) is 7.29. The summed E-state index contributed by atoms with van der Waals surface area (Å²) in [4.78, 5) is 29.7. The number of hydrogen-bond acceptors (Lipinski definition) is 7. The molecule has 4 heterocycles. The van der Waals surface area contributed by atoms with Gasteiger partial charge < -0.3 is 29.4 Å². The molecular formula is C31H51N7O2. The summed E-state index contributed by atoms with van der Waals surface area (Å²) in [5, 5.41) is 3.58. The van der Waals surface area contributed by atoms with Gasteiger partial charge in [-0.2, -0.15) is 0 Å². The number of carbonyl (C=O) groups excluding carboxylic acids is 1. The predicted octanol–water partition coefficient (Wildman–Crippen LogP) is 4.33. The summed E-state index contributed by atoms with van der Waals surface area (Å²) >= 11 is 0. The number of aryl methyl sites for hydroxylation is 1. The Bertz CT molecular complexity index is 1010. The summed E-state index contributed by atoms with van der Waals surface area (Å²) in [5.41, 5.74) is 0.570. The number of piperidine rings is 1. The molecule has 0 aromatic carbocycles. The number of aromatic amines is 1. The summed E-state index contributed by atoms with van der Waals surface area (Å²) in [7, 11) is 0. The van der Waals surface area contributed by atoms with E-state index in [1.807, 2.05) is 19.3 Å². The first-order valence-electron chi connectivity index (χ1n) is 16.0. The minimum absolute atomic E-state index is 0.0243. The molecule has 1 unspecified atom stereocenters. The number of aromatic nitrogens is 4. The lowest BCUT2D eigenvalue weighted by atomic mass is 9.77. The molecule has 9 heteroatoms. The number of likely N-dealkylation sites (tertiary alicyclic amines) is 2. The highest BCUT2D eigenvalue weighted by atomic mass is 16.5. The van der Waals surface area contributed by atoms with Gasteiger partial charge in [-0.25, -0.2) is 9.97 Å². The van der Waals surface area contributed by atoms with Gasteiger partial charge in [-0.3, -0.25) is 4.79 Å². The third-order valence-corrected chi connectivity index (χ3v) is 9.63. The molecule has 2 aromatic rings. The van der Waals surface area contributed by atoms with Crippen LogP contribution in [0.4, 0.5) is 0 Å². The molecule has 1 saturated carbocycles. The number of ether oxygens (including phenoxy) is 1. The molecule has 0 radical (unpaired) electrons. The predicted molar refractivity (Wildman–Crippen MR) is 157 cm³/mol. The van der Waals surface area contributed by atoms with Gasteiger partial charge >= 0.3 is 5.97 Å². The van der Waals surface area contributed by atoms with Crippen LogP contribution in [0, 0.1) is 5.41 Å². The highest BCUT2D eigenvalue weighted by molar-refractivity contribution is 5.69. The van der Waals surface area contributed by atoms with Crippen molar-refractivity contribution in [1.29, 1.82) is 0 Å². The zero-order chi connectivity index (χ0) is 27.6. The smallest absolute Gasteiger partial charge is 0.305 e. The fraction of sp³-hybridized carbons (Fsp3) is 0.774. The Labute approximate surface area is 240 Å². The standard InChI is InChI=1S/C31H51N7O2/c1-2-40-29(39)10-6-14-32-27(30-34-15-16-35-30)24-28-33-17-23-38(28)19-7-18-36-20-11-31(25-36)12-21-37(22-13-31)26-8-4-3-5-9-26/h15-17,23,26-27,32H,2-14,18-22,24-25H2,1H3,(H,34,35). The van der Waals surface area contributed by atoms with Crippen LogP contribution in [0.5, 0.6) is 0 Å². The monoisotopic (exact) mass is 553 g/mol. The number of imidazole rings is 2. The maximum atomic E-state index is 11.7. The summed E-state index contributed by atoms with van der Waals surface area (Å²) in [6, 6.07) is 0.899. The number of carbonyl (C=O) groups is 1. The van der Waals surface area contributed by atoms with Crippen molar-refractivity contribution in [3.8, 4) is 0 Å². The van der Waals surface area contributed by atoms with Gasteiger partial charge in [-0.15, -0.1) is 0 Å². The van der Waals surface area contributed by atoms with E-state index in [9.17, 15) is 4.79 Å². The van der Waals surface area contributed by atoms with Crippen LogP contribution in [0.3, 0.4) is 0 Å². The lowest BCUT2D eigenvalue weighted by Gasteiger charge is -2.44. The third-order valence-electron chi connectivity index (χ3n) is 9.63. The zero-order valence-corrected chi connectivity index (χ0v) is 24.7. The van der Waals surface area contributed by atoms with E-state index in [0.29, 0.717) is 18.4 Å². The molecule has 1 spiro atoms. The molecule has 3 aliphatic rings. The average molecular weight is 554 g/mol. The van der Waals surface area contributed by atoms with Crippen LogP contribution in [0.25, 0.3) is 0 Å². The van der Waals surface area contributed by atoms with E-state index in [2.05, 4.69) is 35.8 Å². The molecule has 2 aliphatic heterocycles. The molecule has 1 atom stereocenters. The maximum absolute atomic E-state index is 11.7. The second kappa shape index (κ2) is 14.6. The van der Waals surface area contributed by atoms with E-state index in [4.69, 9.17) is 9.72 Å². The maximum Gasteiger partial charge on any atom is 0.305 e. The highest BCUT2D eigenvalue weighted by Gasteiger charge is 2.41. The Morgan fingerprint density at radius 2 is 1.93 bits per heavy atom. The van der Waals surface area contributed by atoms with Crippen LogP contribution in [0.2, 0.25) is 0 Å². The Hall–Kier alpha value is -2.23. The van der Waals surface area contributed by atoms with Crippen LogP contribution < -0.4 is 5.32 Å². The second-order valence-electron chi connectivity index (χ2n) is 12.3. The Kier molecular flexibility index (Phi) is 10.7. The number of esters is 1. The molecular weight excluding hydrogens is 502 g/mol. The van der Waals surface area contributed by atoms with Crippen molar-refractivity contribution in [2.75, 3.05) is 45.9 Å². The van der Waals surface area contributed by atoms with Crippen molar-refractivity contribution >= 4 is 5.97 Å². The molecule has 5 rings (SSSR count). The topological polar surface area (TPSA) is 91.3 Å². The zero-order valence-electron chi connectivity index (χ0n) is 24.7. The van der Waals surface area contributed by atoms with E-state index >= 15 is 0 Å². The highest BCUT2D eigenvalue weighted by Crippen LogP contribution is 2.41. The lowest BCUT2D eigenvalue weighted by Crippen LogP contribution is -2.46. The first kappa shape index (κ1) is 29.3. The minimum Gasteiger partial charge on any atom is -0.466 e. The van der Waals surface area contributed by atoms with Crippen molar-refractivity contribution < 1.29 is 9.53 Å². The molecule has 222 valence electrons. The largest absolute Gasteiger partial charge is 0.466 e. The van der Waals surface area contributed by atoms with Crippen molar-refractivity contribution in [3.63, 3.8) is 0 Å².